The molecule has 0 aliphatic rings. The molecular weight excluding hydrogens is 463 g/mol. The third kappa shape index (κ3) is 4.93. The topological polar surface area (TPSA) is 121 Å². The van der Waals surface area contributed by atoms with E-state index in [0.29, 0.717) is 39.8 Å². The number of benzene rings is 2. The molecule has 0 amide bonds. The molecule has 36 heavy (non-hydrogen) atoms. The lowest BCUT2D eigenvalue weighted by Gasteiger charge is -2.10. The van der Waals surface area contributed by atoms with Crippen LogP contribution in [0.15, 0.2) is 67.1 Å². The fourth-order valence-electron chi connectivity index (χ4n) is 3.73. The van der Waals surface area contributed by atoms with E-state index in [1.807, 2.05) is 31.2 Å². The number of anilines is 1. The van der Waals surface area contributed by atoms with E-state index in [-0.39, 0.29) is 19.8 Å². The third-order valence-corrected chi connectivity index (χ3v) is 5.46. The number of aliphatic hydroxyl groups excluding tert-OH is 1. The van der Waals surface area contributed by atoms with Gasteiger partial charge in [0, 0.05) is 41.2 Å². The first-order chi connectivity index (χ1) is 17.5. The smallest absolute Gasteiger partial charge is 0.164 e. The highest BCUT2D eigenvalue weighted by atomic mass is 19.1. The molecule has 5 aromatic rings. The highest BCUT2D eigenvalue weighted by molar-refractivity contribution is 5.98. The second-order valence-corrected chi connectivity index (χ2v) is 8.10. The number of aryl methyl sites for hydroxylation is 1. The first-order valence-electron chi connectivity index (χ1n) is 11.2. The van der Waals surface area contributed by atoms with Gasteiger partial charge in [0.1, 0.15) is 47.5 Å². The van der Waals surface area contributed by atoms with Gasteiger partial charge in [0.15, 0.2) is 5.65 Å². The summed E-state index contributed by atoms with van der Waals surface area (Å²) in [4.78, 5) is 12.6. The lowest BCUT2D eigenvalue weighted by molar-refractivity contribution is 0.271. The Balaban J connectivity index is 1.35. The Kier molecular flexibility index (Phi) is 6.42. The Bertz CT molecular complexity index is 1500. The van der Waals surface area contributed by atoms with Gasteiger partial charge in [0.2, 0.25) is 0 Å². The summed E-state index contributed by atoms with van der Waals surface area (Å²) in [7, 11) is 0. The van der Waals surface area contributed by atoms with E-state index in [1.165, 1.54) is 18.5 Å². The standard InChI is InChI=1S/C26H23FN6O3/c1-16-2-3-17(13-29-16)14-35-21-10-19(27)11-22(12-21)36-20-6-4-18(5-7-20)24-23-25(28)30-15-31-26(23)33(32-24)8-9-34/h2-7,10-13,15,34H,8-9,14H2,1H3,(H2,28,30,31). The molecule has 3 heterocycles. The molecular formula is C26H23FN6O3. The van der Waals surface area contributed by atoms with Crippen LogP contribution in [0.5, 0.6) is 17.2 Å². The van der Waals surface area contributed by atoms with Gasteiger partial charge >= 0.3 is 0 Å². The number of rotatable bonds is 8. The maximum atomic E-state index is 14.2. The van der Waals surface area contributed by atoms with E-state index in [2.05, 4.69) is 20.1 Å². The molecule has 0 saturated carbocycles. The number of halogens is 1. The van der Waals surface area contributed by atoms with Crippen LogP contribution in [0.3, 0.4) is 0 Å². The average molecular weight is 487 g/mol. The summed E-state index contributed by atoms with van der Waals surface area (Å²) in [6.45, 7) is 2.35. The minimum Gasteiger partial charge on any atom is -0.489 e. The van der Waals surface area contributed by atoms with Crippen LogP contribution in [0.4, 0.5) is 10.2 Å². The van der Waals surface area contributed by atoms with Gasteiger partial charge in [-0.15, -0.1) is 0 Å². The number of hydrogen-bond donors (Lipinski definition) is 2. The zero-order chi connectivity index (χ0) is 25.1. The van der Waals surface area contributed by atoms with E-state index in [0.717, 1.165) is 16.8 Å². The van der Waals surface area contributed by atoms with Crippen molar-refractivity contribution in [3.05, 3.63) is 84.2 Å². The average Bonchev–Trinajstić information content (AvgIpc) is 3.24. The molecule has 0 radical (unpaired) electrons. The molecule has 3 N–H and O–H groups in total. The van der Waals surface area contributed by atoms with E-state index < -0.39 is 5.82 Å². The Morgan fingerprint density at radius 2 is 1.78 bits per heavy atom. The minimum absolute atomic E-state index is 0.0891. The van der Waals surface area contributed by atoms with Crippen molar-refractivity contribution >= 4 is 16.9 Å². The van der Waals surface area contributed by atoms with Crippen LogP contribution in [0.2, 0.25) is 0 Å². The van der Waals surface area contributed by atoms with Crippen molar-refractivity contribution in [3.63, 3.8) is 0 Å². The molecule has 9 nitrogen and oxygen atoms in total. The number of pyridine rings is 1. The first kappa shape index (κ1) is 23.2. The maximum absolute atomic E-state index is 14.2. The van der Waals surface area contributed by atoms with Gasteiger partial charge in [-0.1, -0.05) is 6.07 Å². The number of nitrogens with zero attached hydrogens (tertiary/aromatic N) is 5. The minimum atomic E-state index is -0.475. The predicted octanol–water partition coefficient (Wildman–Crippen LogP) is 4.28. The molecule has 0 aliphatic heterocycles. The third-order valence-electron chi connectivity index (χ3n) is 5.46. The molecule has 0 fully saturated rings. The SMILES string of the molecule is Cc1ccc(COc2cc(F)cc(Oc3ccc(-c4nn(CCO)c5ncnc(N)c45)cc3)c2)cn1. The number of hydrogen-bond acceptors (Lipinski definition) is 8. The molecule has 182 valence electrons. The van der Waals surface area contributed by atoms with Crippen molar-refractivity contribution in [2.45, 2.75) is 20.1 Å². The van der Waals surface area contributed by atoms with Gasteiger partial charge < -0.3 is 20.3 Å². The van der Waals surface area contributed by atoms with Crippen LogP contribution in [0.25, 0.3) is 22.3 Å². The van der Waals surface area contributed by atoms with Crippen molar-refractivity contribution in [2.75, 3.05) is 12.3 Å². The molecule has 0 aliphatic carbocycles. The van der Waals surface area contributed by atoms with E-state index in [9.17, 15) is 9.50 Å². The fourth-order valence-corrected chi connectivity index (χ4v) is 3.73. The van der Waals surface area contributed by atoms with E-state index in [1.54, 1.807) is 29.1 Å². The number of nitrogens with two attached hydrogens (primary N) is 1. The van der Waals surface area contributed by atoms with Crippen LogP contribution in [-0.4, -0.2) is 36.4 Å². The Morgan fingerprint density at radius 3 is 2.53 bits per heavy atom. The summed E-state index contributed by atoms with van der Waals surface area (Å²) >= 11 is 0. The summed E-state index contributed by atoms with van der Waals surface area (Å²) < 4.78 is 27.4. The first-order valence-corrected chi connectivity index (χ1v) is 11.2. The lowest BCUT2D eigenvalue weighted by Crippen LogP contribution is -2.05. The highest BCUT2D eigenvalue weighted by Crippen LogP contribution is 2.33. The quantitative estimate of drug-likeness (QED) is 0.333. The summed E-state index contributed by atoms with van der Waals surface area (Å²) in [6.07, 6.45) is 3.09. The molecule has 0 unspecified atom stereocenters. The second kappa shape index (κ2) is 9.96. The summed E-state index contributed by atoms with van der Waals surface area (Å²) in [5.41, 5.74) is 9.78. The van der Waals surface area contributed by atoms with Gasteiger partial charge in [-0.05, 0) is 37.3 Å². The monoisotopic (exact) mass is 486 g/mol. The van der Waals surface area contributed by atoms with E-state index >= 15 is 0 Å². The Labute approximate surface area is 206 Å². The van der Waals surface area contributed by atoms with Gasteiger partial charge in [-0.3, -0.25) is 4.98 Å². The van der Waals surface area contributed by atoms with Crippen LogP contribution < -0.4 is 15.2 Å². The molecule has 2 aromatic carbocycles. The molecule has 0 atom stereocenters. The number of aliphatic hydroxyl groups is 1. The molecule has 10 heteroatoms. The van der Waals surface area contributed by atoms with Crippen LogP contribution in [0.1, 0.15) is 11.3 Å². The zero-order valence-corrected chi connectivity index (χ0v) is 19.4. The van der Waals surface area contributed by atoms with Crippen molar-refractivity contribution in [1.82, 2.24) is 24.7 Å². The fraction of sp³-hybridized carbons (Fsp3) is 0.154. The molecule has 3 aromatic heterocycles. The molecule has 5 rings (SSSR count). The molecule has 0 bridgehead atoms. The summed E-state index contributed by atoms with van der Waals surface area (Å²) in [5.74, 6) is 0.973. The van der Waals surface area contributed by atoms with Crippen LogP contribution in [-0.2, 0) is 13.2 Å². The van der Waals surface area contributed by atoms with E-state index in [4.69, 9.17) is 15.2 Å². The van der Waals surface area contributed by atoms with Gasteiger partial charge in [-0.2, -0.15) is 5.10 Å². The lowest BCUT2D eigenvalue weighted by atomic mass is 10.1. The van der Waals surface area contributed by atoms with Crippen LogP contribution >= 0.6 is 0 Å². The number of aromatic nitrogens is 5. The van der Waals surface area contributed by atoms with Gasteiger partial charge in [0.25, 0.3) is 0 Å². The van der Waals surface area contributed by atoms with Crippen molar-refractivity contribution < 1.29 is 19.0 Å². The summed E-state index contributed by atoms with van der Waals surface area (Å²) in [6, 6.07) is 15.1. The predicted molar refractivity (Wildman–Crippen MR) is 132 cm³/mol. The van der Waals surface area contributed by atoms with Crippen LogP contribution in [0, 0.1) is 12.7 Å². The molecule has 0 saturated heterocycles. The molecule has 0 spiro atoms. The maximum Gasteiger partial charge on any atom is 0.164 e. The van der Waals surface area contributed by atoms with Crippen molar-refractivity contribution in [3.8, 4) is 28.5 Å². The number of ether oxygens (including phenoxy) is 2. The number of fused-ring (bicyclic) bond motifs is 1. The summed E-state index contributed by atoms with van der Waals surface area (Å²) in [5, 5.41) is 14.5. The van der Waals surface area contributed by atoms with Gasteiger partial charge in [-0.25, -0.2) is 19.0 Å². The van der Waals surface area contributed by atoms with Gasteiger partial charge in [0.05, 0.1) is 18.5 Å². The zero-order valence-electron chi connectivity index (χ0n) is 19.4. The normalized spacial score (nSPS) is 11.1. The number of nitrogen functional groups attached to an aromatic ring is 1. The largest absolute Gasteiger partial charge is 0.489 e. The Morgan fingerprint density at radius 1 is 0.972 bits per heavy atom. The Hall–Kier alpha value is -4.57. The van der Waals surface area contributed by atoms with Crippen molar-refractivity contribution in [1.29, 1.82) is 0 Å². The second-order valence-electron chi connectivity index (χ2n) is 8.10. The van der Waals surface area contributed by atoms with Crippen molar-refractivity contribution in [2.24, 2.45) is 0 Å². The highest BCUT2D eigenvalue weighted by Gasteiger charge is 2.17.